The molecule has 3 aromatic heterocycles. The summed E-state index contributed by atoms with van der Waals surface area (Å²) in [6, 6.07) is 41.0. The Kier molecular flexibility index (Phi) is 4.49. The van der Waals surface area contributed by atoms with Gasteiger partial charge in [0.05, 0.1) is 33.4 Å². The molecule has 3 aliphatic carbocycles. The summed E-state index contributed by atoms with van der Waals surface area (Å²) in [6.07, 6.45) is 15.1. The second kappa shape index (κ2) is 8.53. The molecule has 2 heteroatoms. The molecule has 12 rings (SSSR count). The van der Waals surface area contributed by atoms with Gasteiger partial charge >= 0.3 is 0 Å². The van der Waals surface area contributed by atoms with Crippen LogP contribution in [0.15, 0.2) is 140 Å². The molecule has 48 heavy (non-hydrogen) atoms. The summed E-state index contributed by atoms with van der Waals surface area (Å²) < 4.78 is 5.23. The van der Waals surface area contributed by atoms with Gasteiger partial charge < -0.3 is 8.97 Å². The number of para-hydroxylation sites is 2. The molecule has 2 nitrogen and oxygen atoms in total. The van der Waals surface area contributed by atoms with Crippen molar-refractivity contribution in [2.24, 2.45) is 5.41 Å². The van der Waals surface area contributed by atoms with Crippen molar-refractivity contribution >= 4 is 65.8 Å². The summed E-state index contributed by atoms with van der Waals surface area (Å²) >= 11 is 0. The molecule has 9 aromatic rings. The quantitative estimate of drug-likeness (QED) is 0.175. The van der Waals surface area contributed by atoms with E-state index in [4.69, 9.17) is 0 Å². The maximum atomic E-state index is 2.66. The van der Waals surface area contributed by atoms with Crippen molar-refractivity contribution in [2.45, 2.75) is 19.3 Å². The van der Waals surface area contributed by atoms with Crippen LogP contribution in [0.2, 0.25) is 0 Å². The molecule has 224 valence electrons. The first-order chi connectivity index (χ1) is 23.7. The van der Waals surface area contributed by atoms with Gasteiger partial charge in [0.25, 0.3) is 0 Å². The zero-order chi connectivity index (χ0) is 31.3. The lowest BCUT2D eigenvalue weighted by molar-refractivity contribution is 0.482. The molecule has 0 radical (unpaired) electrons. The molecular weight excluding hydrogens is 581 g/mol. The number of fused-ring (bicyclic) bond motifs is 18. The van der Waals surface area contributed by atoms with Gasteiger partial charge in [-0.15, -0.1) is 0 Å². The lowest BCUT2D eigenvalue weighted by atomic mass is 9.67. The van der Waals surface area contributed by atoms with E-state index in [9.17, 15) is 0 Å². The predicted molar refractivity (Wildman–Crippen MR) is 202 cm³/mol. The summed E-state index contributed by atoms with van der Waals surface area (Å²) in [6.45, 7) is 2.39. The Morgan fingerprint density at radius 1 is 0.604 bits per heavy atom. The third-order valence-electron chi connectivity index (χ3n) is 11.9. The van der Waals surface area contributed by atoms with E-state index >= 15 is 0 Å². The first-order valence-corrected chi connectivity index (χ1v) is 17.1. The largest absolute Gasteiger partial charge is 0.309 e. The molecule has 6 aromatic carbocycles. The van der Waals surface area contributed by atoms with Crippen molar-refractivity contribution in [1.82, 2.24) is 8.97 Å². The summed E-state index contributed by atoms with van der Waals surface area (Å²) in [5.74, 6) is 0.235. The molecule has 3 aliphatic rings. The van der Waals surface area contributed by atoms with E-state index < -0.39 is 0 Å². The summed E-state index contributed by atoms with van der Waals surface area (Å²) in [7, 11) is 0. The number of hydrogen-bond donors (Lipinski definition) is 0. The molecule has 0 saturated heterocycles. The van der Waals surface area contributed by atoms with Crippen molar-refractivity contribution in [3.8, 4) is 16.8 Å². The highest BCUT2D eigenvalue weighted by atomic mass is 15.0. The first kappa shape index (κ1) is 25.3. The van der Waals surface area contributed by atoms with E-state index in [1.54, 1.807) is 0 Å². The van der Waals surface area contributed by atoms with Gasteiger partial charge in [-0.05, 0) is 51.4 Å². The fraction of sp³-hybridized carbons (Fsp3) is 0.0870. The van der Waals surface area contributed by atoms with Crippen LogP contribution in [0.3, 0.4) is 0 Å². The number of aromatic nitrogens is 2. The number of rotatable bonds is 1. The van der Waals surface area contributed by atoms with Crippen LogP contribution in [0.4, 0.5) is 0 Å². The molecule has 2 unspecified atom stereocenters. The van der Waals surface area contributed by atoms with Crippen LogP contribution in [0.1, 0.15) is 35.2 Å². The van der Waals surface area contributed by atoms with E-state index in [1.807, 2.05) is 0 Å². The molecule has 0 bridgehead atoms. The van der Waals surface area contributed by atoms with Crippen molar-refractivity contribution in [2.75, 3.05) is 0 Å². The third-order valence-corrected chi connectivity index (χ3v) is 11.9. The fourth-order valence-electron chi connectivity index (χ4n) is 9.87. The smallest absolute Gasteiger partial charge is 0.0644 e. The maximum Gasteiger partial charge on any atom is 0.0644 e. The van der Waals surface area contributed by atoms with Gasteiger partial charge in [0.15, 0.2) is 0 Å². The normalized spacial score (nSPS) is 19.3. The topological polar surface area (TPSA) is 9.34 Å². The van der Waals surface area contributed by atoms with Gasteiger partial charge in [0.2, 0.25) is 0 Å². The van der Waals surface area contributed by atoms with Crippen molar-refractivity contribution in [1.29, 1.82) is 0 Å². The summed E-state index contributed by atoms with van der Waals surface area (Å²) in [5, 5.41) is 9.35. The van der Waals surface area contributed by atoms with Crippen LogP contribution in [0.5, 0.6) is 0 Å². The van der Waals surface area contributed by atoms with E-state index in [0.717, 1.165) is 6.42 Å². The minimum Gasteiger partial charge on any atom is -0.309 e. The van der Waals surface area contributed by atoms with E-state index in [-0.39, 0.29) is 11.3 Å². The van der Waals surface area contributed by atoms with Crippen LogP contribution in [-0.4, -0.2) is 8.97 Å². The first-order valence-electron chi connectivity index (χ1n) is 17.1. The Morgan fingerprint density at radius 2 is 1.33 bits per heavy atom. The molecule has 0 fully saturated rings. The van der Waals surface area contributed by atoms with E-state index in [2.05, 4.69) is 162 Å². The monoisotopic (exact) mass is 610 g/mol. The number of benzene rings is 6. The average molecular weight is 611 g/mol. The Bertz CT molecular complexity index is 2990. The van der Waals surface area contributed by atoms with Crippen LogP contribution in [0, 0.1) is 5.41 Å². The van der Waals surface area contributed by atoms with Crippen molar-refractivity contribution in [3.05, 3.63) is 162 Å². The van der Waals surface area contributed by atoms with Gasteiger partial charge in [-0.3, -0.25) is 0 Å². The lowest BCUT2D eigenvalue weighted by Crippen LogP contribution is -2.24. The zero-order valence-corrected chi connectivity index (χ0v) is 26.5. The lowest BCUT2D eigenvalue weighted by Gasteiger charge is -2.36. The SMILES string of the molecule is CC12C=CC=CC1c1c(n(-c3cccc4c3Cc3ccccc3-4)c3c1c1ccccc1c1c3c3cccc4c5ccccc5n1c43)C=C2. The highest BCUT2D eigenvalue weighted by molar-refractivity contribution is 6.36. The molecule has 0 spiro atoms. The Balaban J connectivity index is 1.37. The van der Waals surface area contributed by atoms with Gasteiger partial charge in [-0.1, -0.05) is 134 Å². The number of nitrogens with zero attached hydrogens (tertiary/aromatic N) is 2. The Morgan fingerprint density at radius 3 is 2.27 bits per heavy atom. The van der Waals surface area contributed by atoms with Crippen molar-refractivity contribution < 1.29 is 0 Å². The van der Waals surface area contributed by atoms with Gasteiger partial charge in [0, 0.05) is 50.1 Å². The molecule has 0 amide bonds. The second-order valence-electron chi connectivity index (χ2n) is 14.2. The molecule has 3 heterocycles. The standard InChI is InChI=1S/C46H30N2/c1-46-24-9-8-20-36(46)42-39(23-25-46)47(38-22-11-17-29-28-13-3-2-12-27(28)26-35(29)38)45-40(42)31-15-4-5-16-33(31)44-41(45)34-19-10-18-32-30-14-6-7-21-37(30)48(44)43(32)34/h2-25,36H,26H2,1H3. The van der Waals surface area contributed by atoms with Crippen LogP contribution in [-0.2, 0) is 6.42 Å². The Labute approximate surface area is 277 Å². The van der Waals surface area contributed by atoms with Crippen LogP contribution < -0.4 is 0 Å². The van der Waals surface area contributed by atoms with E-state index in [1.165, 1.54) is 99.0 Å². The highest BCUT2D eigenvalue weighted by Gasteiger charge is 2.40. The minimum atomic E-state index is -0.0860. The summed E-state index contributed by atoms with van der Waals surface area (Å²) in [5.41, 5.74) is 14.8. The molecule has 2 atom stereocenters. The van der Waals surface area contributed by atoms with Crippen LogP contribution in [0.25, 0.3) is 82.7 Å². The molecular formula is C46H30N2. The fourth-order valence-corrected chi connectivity index (χ4v) is 9.87. The van der Waals surface area contributed by atoms with Crippen LogP contribution >= 0.6 is 0 Å². The van der Waals surface area contributed by atoms with Crippen molar-refractivity contribution in [3.63, 3.8) is 0 Å². The van der Waals surface area contributed by atoms with Gasteiger partial charge in [-0.2, -0.15) is 0 Å². The summed E-state index contributed by atoms with van der Waals surface area (Å²) in [4.78, 5) is 0. The number of allylic oxidation sites excluding steroid dienone is 5. The average Bonchev–Trinajstić information content (AvgIpc) is 3.87. The predicted octanol–water partition coefficient (Wildman–Crippen LogP) is 11.7. The second-order valence-corrected chi connectivity index (χ2v) is 14.2. The maximum absolute atomic E-state index is 2.66. The molecule has 0 saturated carbocycles. The minimum absolute atomic E-state index is 0.0860. The van der Waals surface area contributed by atoms with Gasteiger partial charge in [0.1, 0.15) is 0 Å². The van der Waals surface area contributed by atoms with E-state index in [0.29, 0.717) is 0 Å². The highest BCUT2D eigenvalue weighted by Crippen LogP contribution is 2.55. The zero-order valence-electron chi connectivity index (χ0n) is 26.5. The molecule has 0 aliphatic heterocycles. The van der Waals surface area contributed by atoms with Gasteiger partial charge in [-0.25, -0.2) is 0 Å². The number of hydrogen-bond acceptors (Lipinski definition) is 0. The molecule has 0 N–H and O–H groups in total. The third kappa shape index (κ3) is 2.84. The Hall–Kier alpha value is -5.86.